The van der Waals surface area contributed by atoms with Gasteiger partial charge in [-0.1, -0.05) is 23.7 Å². The van der Waals surface area contributed by atoms with Crippen LogP contribution in [0.25, 0.3) is 6.08 Å². The van der Waals surface area contributed by atoms with Gasteiger partial charge in [-0.05, 0) is 60.2 Å². The number of phenols is 1. The molecule has 0 unspecified atom stereocenters. The number of hydrogen-bond donors (Lipinski definition) is 1. The smallest absolute Gasteiger partial charge is 0.293 e. The van der Waals surface area contributed by atoms with E-state index in [9.17, 15) is 19.1 Å². The molecule has 0 aromatic heterocycles. The van der Waals surface area contributed by atoms with E-state index in [1.54, 1.807) is 25.1 Å². The maximum atomic E-state index is 13.2. The summed E-state index contributed by atoms with van der Waals surface area (Å²) in [5.41, 5.74) is 1.09. The van der Waals surface area contributed by atoms with Gasteiger partial charge >= 0.3 is 0 Å². The van der Waals surface area contributed by atoms with Crippen molar-refractivity contribution in [3.63, 3.8) is 0 Å². The number of benzene rings is 2. The fourth-order valence-corrected chi connectivity index (χ4v) is 3.56. The molecule has 8 heteroatoms. The largest absolute Gasteiger partial charge is 0.504 e. The number of imide groups is 1. The van der Waals surface area contributed by atoms with Crippen molar-refractivity contribution in [2.45, 2.75) is 13.5 Å². The lowest BCUT2D eigenvalue weighted by Crippen LogP contribution is -2.27. The van der Waals surface area contributed by atoms with E-state index in [4.69, 9.17) is 16.3 Å². The molecule has 5 nitrogen and oxygen atoms in total. The molecule has 0 saturated carbocycles. The third-order valence-corrected chi connectivity index (χ3v) is 5.06. The second-order valence-corrected chi connectivity index (χ2v) is 7.06. The maximum Gasteiger partial charge on any atom is 0.293 e. The van der Waals surface area contributed by atoms with Gasteiger partial charge in [-0.15, -0.1) is 0 Å². The number of carbonyl (C=O) groups is 2. The molecular weight excluding hydrogens is 393 g/mol. The molecule has 140 valence electrons. The third kappa shape index (κ3) is 4.26. The molecule has 1 aliphatic rings. The number of halogens is 2. The van der Waals surface area contributed by atoms with Gasteiger partial charge in [0.2, 0.25) is 0 Å². The topological polar surface area (TPSA) is 66.8 Å². The Kier molecular flexibility index (Phi) is 5.72. The van der Waals surface area contributed by atoms with Crippen LogP contribution in [0.4, 0.5) is 9.18 Å². The highest BCUT2D eigenvalue weighted by atomic mass is 35.5. The van der Waals surface area contributed by atoms with Crippen LogP contribution in [0.5, 0.6) is 11.5 Å². The molecule has 0 spiro atoms. The van der Waals surface area contributed by atoms with Gasteiger partial charge in [0.25, 0.3) is 11.1 Å². The lowest BCUT2D eigenvalue weighted by molar-refractivity contribution is -0.123. The predicted molar refractivity (Wildman–Crippen MR) is 102 cm³/mol. The summed E-state index contributed by atoms with van der Waals surface area (Å²) in [6, 6.07) is 8.46. The predicted octanol–water partition coefficient (Wildman–Crippen LogP) is 4.82. The van der Waals surface area contributed by atoms with Gasteiger partial charge in [-0.25, -0.2) is 4.39 Å². The molecule has 27 heavy (non-hydrogen) atoms. The van der Waals surface area contributed by atoms with Crippen LogP contribution >= 0.6 is 23.4 Å². The molecule has 1 N–H and O–H groups in total. The number of thioether (sulfide) groups is 1. The van der Waals surface area contributed by atoms with Gasteiger partial charge in [0, 0.05) is 5.02 Å². The van der Waals surface area contributed by atoms with E-state index in [2.05, 4.69) is 0 Å². The molecule has 0 atom stereocenters. The minimum absolute atomic E-state index is 0.00643. The molecule has 0 bridgehead atoms. The third-order valence-electron chi connectivity index (χ3n) is 3.80. The van der Waals surface area contributed by atoms with E-state index in [1.165, 1.54) is 18.2 Å². The van der Waals surface area contributed by atoms with Crippen LogP contribution < -0.4 is 4.74 Å². The van der Waals surface area contributed by atoms with Crippen LogP contribution in [0.15, 0.2) is 41.3 Å². The van der Waals surface area contributed by atoms with Crippen molar-refractivity contribution in [3.8, 4) is 11.5 Å². The van der Waals surface area contributed by atoms with Gasteiger partial charge < -0.3 is 9.84 Å². The quantitative estimate of drug-likeness (QED) is 0.720. The SMILES string of the molecule is CCOc1cc(C=C2SC(=O)N(Cc3ccc(F)cc3Cl)C2=O)ccc1O. The zero-order valence-electron chi connectivity index (χ0n) is 14.2. The summed E-state index contributed by atoms with van der Waals surface area (Å²) in [5, 5.41) is 9.47. The minimum Gasteiger partial charge on any atom is -0.504 e. The van der Waals surface area contributed by atoms with E-state index in [-0.39, 0.29) is 22.2 Å². The first-order valence-corrected chi connectivity index (χ1v) is 9.23. The van der Waals surface area contributed by atoms with E-state index in [0.717, 1.165) is 22.7 Å². The van der Waals surface area contributed by atoms with E-state index in [0.29, 0.717) is 23.5 Å². The number of nitrogens with zero attached hydrogens (tertiary/aromatic N) is 1. The van der Waals surface area contributed by atoms with Crippen molar-refractivity contribution in [2.75, 3.05) is 6.61 Å². The molecule has 1 saturated heterocycles. The second-order valence-electron chi connectivity index (χ2n) is 5.66. The van der Waals surface area contributed by atoms with Crippen LogP contribution in [-0.4, -0.2) is 27.8 Å². The molecule has 2 aromatic rings. The number of hydrogen-bond acceptors (Lipinski definition) is 5. The highest BCUT2D eigenvalue weighted by Crippen LogP contribution is 2.35. The van der Waals surface area contributed by atoms with Crippen molar-refractivity contribution < 1.29 is 23.8 Å². The fourth-order valence-electron chi connectivity index (χ4n) is 2.50. The standard InChI is InChI=1S/C19H15ClFNO4S/c1-2-26-16-7-11(3-6-15(16)23)8-17-18(24)22(19(25)27-17)10-12-4-5-13(21)9-14(12)20/h3-9,23H,2,10H2,1H3. The van der Waals surface area contributed by atoms with E-state index < -0.39 is 17.0 Å². The molecule has 1 aliphatic heterocycles. The maximum absolute atomic E-state index is 13.2. The van der Waals surface area contributed by atoms with Gasteiger partial charge in [0.1, 0.15) is 5.82 Å². The second kappa shape index (κ2) is 8.02. The van der Waals surface area contributed by atoms with Crippen LogP contribution in [0.2, 0.25) is 5.02 Å². The minimum atomic E-state index is -0.491. The summed E-state index contributed by atoms with van der Waals surface area (Å²) in [6.07, 6.45) is 1.55. The number of rotatable bonds is 5. The zero-order valence-corrected chi connectivity index (χ0v) is 15.8. The molecular formula is C19H15ClFNO4S. The Bertz CT molecular complexity index is 947. The number of amides is 2. The molecule has 3 rings (SSSR count). The number of aromatic hydroxyl groups is 1. The highest BCUT2D eigenvalue weighted by molar-refractivity contribution is 8.18. The Balaban J connectivity index is 1.83. The first kappa shape index (κ1) is 19.3. The lowest BCUT2D eigenvalue weighted by atomic mass is 10.1. The Morgan fingerprint density at radius 1 is 1.26 bits per heavy atom. The van der Waals surface area contributed by atoms with Crippen molar-refractivity contribution >= 4 is 40.6 Å². The molecule has 0 radical (unpaired) electrons. The van der Waals surface area contributed by atoms with Crippen LogP contribution in [0.3, 0.4) is 0 Å². The van der Waals surface area contributed by atoms with Crippen molar-refractivity contribution in [3.05, 3.63) is 63.3 Å². The molecule has 1 heterocycles. The van der Waals surface area contributed by atoms with E-state index in [1.807, 2.05) is 0 Å². The van der Waals surface area contributed by atoms with Gasteiger partial charge in [-0.2, -0.15) is 0 Å². The Labute approximate surface area is 164 Å². The summed E-state index contributed by atoms with van der Waals surface area (Å²) < 4.78 is 18.5. The summed E-state index contributed by atoms with van der Waals surface area (Å²) in [4.78, 5) is 26.1. The number of phenolic OH excluding ortho intramolecular Hbond substituents is 1. The fraction of sp³-hybridized carbons (Fsp3) is 0.158. The first-order valence-electron chi connectivity index (χ1n) is 8.04. The van der Waals surface area contributed by atoms with Crippen molar-refractivity contribution in [1.82, 2.24) is 4.90 Å². The molecule has 2 amide bonds. The average molecular weight is 408 g/mol. The highest BCUT2D eigenvalue weighted by Gasteiger charge is 2.35. The summed E-state index contributed by atoms with van der Waals surface area (Å²) >= 11 is 6.79. The number of carbonyl (C=O) groups excluding carboxylic acids is 2. The van der Waals surface area contributed by atoms with Gasteiger partial charge in [0.15, 0.2) is 11.5 Å². The lowest BCUT2D eigenvalue weighted by Gasteiger charge is -2.13. The Morgan fingerprint density at radius 3 is 2.74 bits per heavy atom. The molecule has 1 fully saturated rings. The Hall–Kier alpha value is -2.51. The summed E-state index contributed by atoms with van der Waals surface area (Å²) in [6.45, 7) is 2.13. The van der Waals surface area contributed by atoms with Gasteiger partial charge in [0.05, 0.1) is 18.1 Å². The van der Waals surface area contributed by atoms with Crippen LogP contribution in [0.1, 0.15) is 18.1 Å². The van der Waals surface area contributed by atoms with E-state index >= 15 is 0 Å². The Morgan fingerprint density at radius 2 is 2.04 bits per heavy atom. The monoisotopic (exact) mass is 407 g/mol. The van der Waals surface area contributed by atoms with Gasteiger partial charge in [-0.3, -0.25) is 14.5 Å². The van der Waals surface area contributed by atoms with Crippen molar-refractivity contribution in [2.24, 2.45) is 0 Å². The average Bonchev–Trinajstić information content (AvgIpc) is 2.87. The number of ether oxygens (including phenoxy) is 1. The summed E-state index contributed by atoms with van der Waals surface area (Å²) in [7, 11) is 0. The van der Waals surface area contributed by atoms with Crippen LogP contribution in [-0.2, 0) is 11.3 Å². The zero-order chi connectivity index (χ0) is 19.6. The summed E-state index contributed by atoms with van der Waals surface area (Å²) in [5.74, 6) is -0.664. The molecule has 2 aromatic carbocycles. The van der Waals surface area contributed by atoms with Crippen LogP contribution in [0, 0.1) is 5.82 Å². The van der Waals surface area contributed by atoms with Crippen molar-refractivity contribution in [1.29, 1.82) is 0 Å². The first-order chi connectivity index (χ1) is 12.9. The normalized spacial score (nSPS) is 15.7. The molecule has 0 aliphatic carbocycles.